The van der Waals surface area contributed by atoms with Gasteiger partial charge >= 0.3 is 0 Å². The zero-order valence-corrected chi connectivity index (χ0v) is 12.7. The molecule has 5 heteroatoms. The van der Waals surface area contributed by atoms with E-state index in [1.807, 2.05) is 0 Å². The Morgan fingerprint density at radius 1 is 0.909 bits per heavy atom. The van der Waals surface area contributed by atoms with Gasteiger partial charge < -0.3 is 18.9 Å². The second-order valence-corrected chi connectivity index (χ2v) is 5.65. The second-order valence-electron chi connectivity index (χ2n) is 5.65. The summed E-state index contributed by atoms with van der Waals surface area (Å²) in [5.74, 6) is 1.15. The Balaban J connectivity index is 1.73. The molecule has 2 heterocycles. The quantitative estimate of drug-likeness (QED) is 0.781. The minimum absolute atomic E-state index is 0.245. The molecule has 5 nitrogen and oxygen atoms in total. The fourth-order valence-electron chi connectivity index (χ4n) is 2.68. The Hall–Kier alpha value is -1.59. The minimum Gasteiger partial charge on any atom is -0.461 e. The summed E-state index contributed by atoms with van der Waals surface area (Å²) in [6, 6.07) is 5.18. The molecule has 0 aliphatic carbocycles. The van der Waals surface area contributed by atoms with E-state index >= 15 is 0 Å². The minimum atomic E-state index is -0.273. The summed E-state index contributed by atoms with van der Waals surface area (Å²) < 4.78 is 23.0. The molecule has 2 aliphatic rings. The Morgan fingerprint density at radius 2 is 1.55 bits per heavy atom. The van der Waals surface area contributed by atoms with E-state index in [2.05, 4.69) is 0 Å². The molecule has 0 bridgehead atoms. The normalized spacial score (nSPS) is 25.5. The highest BCUT2D eigenvalue weighted by Crippen LogP contribution is 2.32. The summed E-state index contributed by atoms with van der Waals surface area (Å²) >= 11 is 0. The van der Waals surface area contributed by atoms with E-state index in [9.17, 15) is 4.79 Å². The monoisotopic (exact) mass is 306 g/mol. The van der Waals surface area contributed by atoms with Crippen molar-refractivity contribution in [2.45, 2.75) is 51.1 Å². The van der Waals surface area contributed by atoms with E-state index in [-0.39, 0.29) is 12.6 Å². The van der Waals surface area contributed by atoms with Gasteiger partial charge in [0.1, 0.15) is 6.29 Å². The van der Waals surface area contributed by atoms with Crippen LogP contribution in [-0.4, -0.2) is 32.1 Å². The number of rotatable bonds is 5. The molecule has 3 rings (SSSR count). The smallest absolute Gasteiger partial charge is 0.200 e. The third-order valence-electron chi connectivity index (χ3n) is 3.90. The molecule has 1 aromatic carbocycles. The van der Waals surface area contributed by atoms with Gasteiger partial charge in [0.15, 0.2) is 24.1 Å². The van der Waals surface area contributed by atoms with Crippen LogP contribution in [0, 0.1) is 0 Å². The average molecular weight is 306 g/mol. The summed E-state index contributed by atoms with van der Waals surface area (Å²) in [5.41, 5.74) is 0.558. The van der Waals surface area contributed by atoms with Gasteiger partial charge in [-0.1, -0.05) is 0 Å². The van der Waals surface area contributed by atoms with Crippen molar-refractivity contribution in [2.75, 3.05) is 13.2 Å². The van der Waals surface area contributed by atoms with Gasteiger partial charge in [0.25, 0.3) is 0 Å². The average Bonchev–Trinajstić information content (AvgIpc) is 2.58. The molecule has 2 saturated heterocycles. The number of benzene rings is 1. The Kier molecular flexibility index (Phi) is 5.29. The van der Waals surface area contributed by atoms with Gasteiger partial charge in [-0.3, -0.25) is 4.79 Å². The molecule has 0 spiro atoms. The Labute approximate surface area is 130 Å². The van der Waals surface area contributed by atoms with Crippen LogP contribution in [0.5, 0.6) is 11.5 Å². The number of hydrogen-bond donors (Lipinski definition) is 0. The van der Waals surface area contributed by atoms with Crippen molar-refractivity contribution in [1.82, 2.24) is 0 Å². The first-order valence-electron chi connectivity index (χ1n) is 8.01. The first-order valence-corrected chi connectivity index (χ1v) is 8.01. The maximum absolute atomic E-state index is 11.0. The SMILES string of the molecule is O=Cc1ccc(O[C@@H]2CCCCO2)c(O[C@H]2CCCCO2)c1. The third kappa shape index (κ3) is 3.99. The molecule has 1 aromatic rings. The maximum Gasteiger partial charge on any atom is 0.200 e. The molecule has 0 aromatic heterocycles. The van der Waals surface area contributed by atoms with Crippen LogP contribution in [0.4, 0.5) is 0 Å². The fourth-order valence-corrected chi connectivity index (χ4v) is 2.68. The van der Waals surface area contributed by atoms with Crippen LogP contribution < -0.4 is 9.47 Å². The number of carbonyl (C=O) groups excluding carboxylic acids is 1. The molecule has 0 amide bonds. The van der Waals surface area contributed by atoms with Crippen LogP contribution in [0.1, 0.15) is 48.9 Å². The maximum atomic E-state index is 11.0. The van der Waals surface area contributed by atoms with Gasteiger partial charge in [0.05, 0.1) is 13.2 Å². The van der Waals surface area contributed by atoms with Crippen LogP contribution in [0.2, 0.25) is 0 Å². The zero-order valence-electron chi connectivity index (χ0n) is 12.7. The van der Waals surface area contributed by atoms with Crippen LogP contribution >= 0.6 is 0 Å². The van der Waals surface area contributed by atoms with Crippen LogP contribution in [0.15, 0.2) is 18.2 Å². The van der Waals surface area contributed by atoms with Crippen molar-refractivity contribution in [3.63, 3.8) is 0 Å². The molecule has 2 atom stereocenters. The van der Waals surface area contributed by atoms with E-state index < -0.39 is 0 Å². The summed E-state index contributed by atoms with van der Waals surface area (Å²) in [6.45, 7) is 1.43. The lowest BCUT2D eigenvalue weighted by atomic mass is 10.2. The summed E-state index contributed by atoms with van der Waals surface area (Å²) in [7, 11) is 0. The van der Waals surface area contributed by atoms with E-state index in [4.69, 9.17) is 18.9 Å². The first kappa shape index (κ1) is 15.3. The second kappa shape index (κ2) is 7.61. The van der Waals surface area contributed by atoms with Crippen molar-refractivity contribution in [3.05, 3.63) is 23.8 Å². The third-order valence-corrected chi connectivity index (χ3v) is 3.90. The van der Waals surface area contributed by atoms with Crippen LogP contribution in [0.3, 0.4) is 0 Å². The van der Waals surface area contributed by atoms with Crippen molar-refractivity contribution in [2.24, 2.45) is 0 Å². The van der Waals surface area contributed by atoms with Crippen molar-refractivity contribution < 1.29 is 23.7 Å². The molecular weight excluding hydrogens is 284 g/mol. The molecule has 120 valence electrons. The Bertz CT molecular complexity index is 490. The largest absolute Gasteiger partial charge is 0.461 e. The highest BCUT2D eigenvalue weighted by atomic mass is 16.7. The molecule has 22 heavy (non-hydrogen) atoms. The van der Waals surface area contributed by atoms with Gasteiger partial charge in [-0.15, -0.1) is 0 Å². The molecule has 0 saturated carbocycles. The van der Waals surface area contributed by atoms with E-state index in [0.717, 1.165) is 51.4 Å². The predicted octanol–water partition coefficient (Wildman–Crippen LogP) is 3.31. The highest BCUT2D eigenvalue weighted by molar-refractivity contribution is 5.76. The van der Waals surface area contributed by atoms with Crippen LogP contribution in [0.25, 0.3) is 0 Å². The van der Waals surface area contributed by atoms with Crippen molar-refractivity contribution in [3.8, 4) is 11.5 Å². The molecular formula is C17H22O5. The van der Waals surface area contributed by atoms with Crippen LogP contribution in [-0.2, 0) is 9.47 Å². The van der Waals surface area contributed by atoms with Gasteiger partial charge in [-0.2, -0.15) is 0 Å². The van der Waals surface area contributed by atoms with Gasteiger partial charge in [-0.05, 0) is 43.9 Å². The molecule has 2 aliphatic heterocycles. The highest BCUT2D eigenvalue weighted by Gasteiger charge is 2.21. The van der Waals surface area contributed by atoms with Gasteiger partial charge in [0.2, 0.25) is 0 Å². The van der Waals surface area contributed by atoms with Gasteiger partial charge in [0, 0.05) is 18.4 Å². The first-order chi connectivity index (χ1) is 10.8. The lowest BCUT2D eigenvalue weighted by Crippen LogP contribution is -2.27. The lowest BCUT2D eigenvalue weighted by molar-refractivity contribution is -0.119. The molecule has 0 unspecified atom stereocenters. The zero-order chi connectivity index (χ0) is 15.2. The van der Waals surface area contributed by atoms with Gasteiger partial charge in [-0.25, -0.2) is 0 Å². The van der Waals surface area contributed by atoms with E-state index in [1.54, 1.807) is 18.2 Å². The lowest BCUT2D eigenvalue weighted by Gasteiger charge is -2.27. The summed E-state index contributed by atoms with van der Waals surface area (Å²) in [4.78, 5) is 11.0. The topological polar surface area (TPSA) is 54.0 Å². The predicted molar refractivity (Wildman–Crippen MR) is 80.3 cm³/mol. The Morgan fingerprint density at radius 3 is 2.09 bits per heavy atom. The number of aldehydes is 1. The van der Waals surface area contributed by atoms with E-state index in [1.165, 1.54) is 0 Å². The number of hydrogen-bond acceptors (Lipinski definition) is 5. The number of ether oxygens (including phenoxy) is 4. The summed E-state index contributed by atoms with van der Waals surface area (Å²) in [6.07, 6.45) is 6.32. The molecule has 2 fully saturated rings. The van der Waals surface area contributed by atoms with Crippen molar-refractivity contribution >= 4 is 6.29 Å². The number of carbonyl (C=O) groups is 1. The van der Waals surface area contributed by atoms with E-state index in [0.29, 0.717) is 23.7 Å². The molecule has 0 radical (unpaired) electrons. The van der Waals surface area contributed by atoms with Crippen molar-refractivity contribution in [1.29, 1.82) is 0 Å². The summed E-state index contributed by atoms with van der Waals surface area (Å²) in [5, 5.41) is 0. The molecule has 0 N–H and O–H groups in total. The standard InChI is InChI=1S/C17H22O5/c18-12-13-7-8-14(21-16-5-1-3-9-19-16)15(11-13)22-17-6-2-4-10-20-17/h7-8,11-12,16-17H,1-6,9-10H2/t16-,17+/m1/s1. The fraction of sp³-hybridized carbons (Fsp3) is 0.588.